The van der Waals surface area contributed by atoms with Gasteiger partial charge in [0.2, 0.25) is 0 Å². The molecule has 1 heterocycles. The fraction of sp³-hybridized carbons (Fsp3) is 0.308. The molecule has 0 aliphatic heterocycles. The lowest BCUT2D eigenvalue weighted by Crippen LogP contribution is -2.39. The zero-order valence-corrected chi connectivity index (χ0v) is 20.2. The molecule has 36 heavy (non-hydrogen) atoms. The number of halogens is 3. The highest BCUT2D eigenvalue weighted by atomic mass is 32.2. The molecule has 1 aromatic heterocycles. The lowest BCUT2D eigenvalue weighted by molar-refractivity contribution is 0.0863. The highest BCUT2D eigenvalue weighted by Crippen LogP contribution is 2.38. The summed E-state index contributed by atoms with van der Waals surface area (Å²) >= 11 is 0. The van der Waals surface area contributed by atoms with Crippen LogP contribution >= 0.6 is 0 Å². The topological polar surface area (TPSA) is 96.4 Å². The summed E-state index contributed by atoms with van der Waals surface area (Å²) in [7, 11) is -4.38. The Labute approximate surface area is 207 Å². The van der Waals surface area contributed by atoms with Gasteiger partial charge in [-0.05, 0) is 92.3 Å². The Morgan fingerprint density at radius 2 is 1.61 bits per heavy atom. The maximum absolute atomic E-state index is 14.8. The second-order valence-electron chi connectivity index (χ2n) is 8.95. The number of amides is 1. The summed E-state index contributed by atoms with van der Waals surface area (Å²) in [5.74, 6) is -2.87. The molecule has 3 aromatic rings. The van der Waals surface area contributed by atoms with Crippen molar-refractivity contribution >= 4 is 15.7 Å². The molecule has 1 saturated carbocycles. The Hall–Kier alpha value is -3.24. The van der Waals surface area contributed by atoms with E-state index in [9.17, 15) is 31.5 Å². The lowest BCUT2D eigenvalue weighted by atomic mass is 9.93. The van der Waals surface area contributed by atoms with Crippen LogP contribution < -0.4 is 5.32 Å². The number of carbonyl (C=O) groups excluding carboxylic acids is 1. The molecule has 4 rings (SSSR count). The average Bonchev–Trinajstić information content (AvgIpc) is 2.84. The number of carbonyl (C=O) groups is 1. The summed E-state index contributed by atoms with van der Waals surface area (Å²) in [5.41, 5.74) is -0.00284. The Bertz CT molecular complexity index is 1370. The van der Waals surface area contributed by atoms with Gasteiger partial charge in [-0.15, -0.1) is 0 Å². The van der Waals surface area contributed by atoms with Gasteiger partial charge in [0.1, 0.15) is 28.4 Å². The number of sulfone groups is 1. The summed E-state index contributed by atoms with van der Waals surface area (Å²) in [6, 6.07) is 7.85. The van der Waals surface area contributed by atoms with E-state index in [-0.39, 0.29) is 28.3 Å². The molecule has 1 amide bonds. The molecule has 10 heteroatoms. The lowest BCUT2D eigenvalue weighted by Gasteiger charge is -2.26. The van der Waals surface area contributed by atoms with Gasteiger partial charge in [-0.25, -0.2) is 21.6 Å². The molecule has 0 radical (unpaired) electrons. The number of hydrogen-bond donors (Lipinski definition) is 2. The van der Waals surface area contributed by atoms with Gasteiger partial charge in [-0.2, -0.15) is 0 Å². The molecule has 1 unspecified atom stereocenters. The average molecular weight is 519 g/mol. The van der Waals surface area contributed by atoms with Crippen LogP contribution in [0.25, 0.3) is 0 Å². The summed E-state index contributed by atoms with van der Waals surface area (Å²) in [6.07, 6.45) is 3.21. The molecule has 0 bridgehead atoms. The number of aryl methyl sites for hydroxylation is 1. The highest BCUT2D eigenvalue weighted by molar-refractivity contribution is 7.92. The van der Waals surface area contributed by atoms with Gasteiger partial charge < -0.3 is 10.4 Å². The Kier molecular flexibility index (Phi) is 7.46. The quantitative estimate of drug-likeness (QED) is 0.472. The Balaban J connectivity index is 1.73. The molecular weight excluding hydrogens is 493 g/mol. The molecule has 1 fully saturated rings. The SMILES string of the molecule is Cc1cc(C(=O)N[C@H]2CC[C@H](O)CC2)ncc1C(c1cc(F)ccc1F)S(=O)(=O)c1ccc(F)cc1. The van der Waals surface area contributed by atoms with E-state index in [0.29, 0.717) is 31.2 Å². The van der Waals surface area contributed by atoms with Gasteiger partial charge in [0.25, 0.3) is 5.91 Å². The fourth-order valence-corrected chi connectivity index (χ4v) is 6.31. The first-order valence-corrected chi connectivity index (χ1v) is 13.0. The monoisotopic (exact) mass is 518 g/mol. The molecule has 2 N–H and O–H groups in total. The zero-order valence-electron chi connectivity index (χ0n) is 19.4. The van der Waals surface area contributed by atoms with Crippen molar-refractivity contribution in [3.63, 3.8) is 0 Å². The second kappa shape index (κ2) is 10.4. The number of nitrogens with one attached hydrogen (secondary N) is 1. The minimum atomic E-state index is -4.38. The number of aromatic nitrogens is 1. The van der Waals surface area contributed by atoms with Crippen LogP contribution in [0.1, 0.15) is 58.1 Å². The molecular formula is C26H25F3N2O4S. The third-order valence-corrected chi connectivity index (χ3v) is 8.45. The van der Waals surface area contributed by atoms with Crippen LogP contribution in [-0.4, -0.2) is 36.6 Å². The van der Waals surface area contributed by atoms with Crippen LogP contribution in [0.4, 0.5) is 13.2 Å². The van der Waals surface area contributed by atoms with Crippen LogP contribution in [0, 0.1) is 24.4 Å². The van der Waals surface area contributed by atoms with E-state index in [0.717, 1.165) is 42.5 Å². The first-order valence-electron chi connectivity index (χ1n) is 11.5. The van der Waals surface area contributed by atoms with Gasteiger partial charge in [0.05, 0.1) is 11.0 Å². The van der Waals surface area contributed by atoms with E-state index >= 15 is 0 Å². The minimum absolute atomic E-state index is 0.0417. The molecule has 1 atom stereocenters. The van der Waals surface area contributed by atoms with Gasteiger partial charge in [0, 0.05) is 17.8 Å². The molecule has 1 aliphatic carbocycles. The van der Waals surface area contributed by atoms with Crippen molar-refractivity contribution in [3.8, 4) is 0 Å². The third-order valence-electron chi connectivity index (χ3n) is 6.39. The first kappa shape index (κ1) is 25.8. The van der Waals surface area contributed by atoms with Crippen molar-refractivity contribution in [2.75, 3.05) is 0 Å². The van der Waals surface area contributed by atoms with Gasteiger partial charge in [0.15, 0.2) is 9.84 Å². The molecule has 0 saturated heterocycles. The fourth-order valence-electron chi connectivity index (χ4n) is 4.42. The van der Waals surface area contributed by atoms with Crippen molar-refractivity contribution in [2.24, 2.45) is 0 Å². The highest BCUT2D eigenvalue weighted by Gasteiger charge is 2.35. The second-order valence-corrected chi connectivity index (χ2v) is 11.0. The number of pyridine rings is 1. The van der Waals surface area contributed by atoms with Gasteiger partial charge >= 0.3 is 0 Å². The maximum Gasteiger partial charge on any atom is 0.270 e. The largest absolute Gasteiger partial charge is 0.393 e. The number of aliphatic hydroxyl groups excluding tert-OH is 1. The maximum atomic E-state index is 14.8. The minimum Gasteiger partial charge on any atom is -0.393 e. The van der Waals surface area contributed by atoms with Gasteiger partial charge in [-0.1, -0.05) is 0 Å². The summed E-state index contributed by atoms with van der Waals surface area (Å²) in [6.45, 7) is 1.55. The van der Waals surface area contributed by atoms with Crippen molar-refractivity contribution < 1.29 is 31.5 Å². The number of nitrogens with zero attached hydrogens (tertiary/aromatic N) is 1. The van der Waals surface area contributed by atoms with Crippen LogP contribution in [0.2, 0.25) is 0 Å². The van der Waals surface area contributed by atoms with Crippen LogP contribution in [0.5, 0.6) is 0 Å². The predicted octanol–water partition coefficient (Wildman–Crippen LogP) is 4.40. The smallest absolute Gasteiger partial charge is 0.270 e. The van der Waals surface area contributed by atoms with Crippen LogP contribution in [-0.2, 0) is 9.84 Å². The molecule has 2 aromatic carbocycles. The summed E-state index contributed by atoms with van der Waals surface area (Å²) in [4.78, 5) is 16.6. The number of rotatable bonds is 6. The van der Waals surface area contributed by atoms with E-state index in [2.05, 4.69) is 10.3 Å². The van der Waals surface area contributed by atoms with Crippen molar-refractivity contribution in [3.05, 3.63) is 94.6 Å². The molecule has 1 aliphatic rings. The number of benzene rings is 2. The normalized spacial score (nSPS) is 19.0. The van der Waals surface area contributed by atoms with E-state index in [4.69, 9.17) is 0 Å². The number of hydrogen-bond acceptors (Lipinski definition) is 5. The molecule has 6 nitrogen and oxygen atoms in total. The Morgan fingerprint density at radius 3 is 2.25 bits per heavy atom. The van der Waals surface area contributed by atoms with Crippen LogP contribution in [0.3, 0.4) is 0 Å². The summed E-state index contributed by atoms with van der Waals surface area (Å²) < 4.78 is 69.6. The summed E-state index contributed by atoms with van der Waals surface area (Å²) in [5, 5.41) is 10.8. The third kappa shape index (κ3) is 5.44. The zero-order chi connectivity index (χ0) is 26.0. The van der Waals surface area contributed by atoms with Crippen LogP contribution in [0.15, 0.2) is 59.6 Å². The van der Waals surface area contributed by atoms with E-state index in [1.54, 1.807) is 6.92 Å². The Morgan fingerprint density at radius 1 is 0.972 bits per heavy atom. The predicted molar refractivity (Wildman–Crippen MR) is 126 cm³/mol. The standard InChI is InChI=1S/C26H25F3N2O4S/c1-15-12-24(26(33)31-18-5-7-19(32)8-6-18)30-14-22(15)25(21-13-17(28)4-11-23(21)29)36(34,35)20-9-2-16(27)3-10-20/h2-4,9-14,18-19,25,32H,5-8H2,1H3,(H,31,33)/t18-,19-,25?. The van der Waals surface area contributed by atoms with E-state index < -0.39 is 44.0 Å². The molecule has 0 spiro atoms. The van der Waals surface area contributed by atoms with Crippen molar-refractivity contribution in [1.29, 1.82) is 0 Å². The molecule has 190 valence electrons. The van der Waals surface area contributed by atoms with Crippen molar-refractivity contribution in [1.82, 2.24) is 10.3 Å². The van der Waals surface area contributed by atoms with E-state index in [1.165, 1.54) is 12.3 Å². The number of aliphatic hydroxyl groups is 1. The first-order chi connectivity index (χ1) is 17.1. The van der Waals surface area contributed by atoms with Crippen molar-refractivity contribution in [2.45, 2.75) is 54.9 Å². The van der Waals surface area contributed by atoms with E-state index in [1.807, 2.05) is 0 Å². The van der Waals surface area contributed by atoms with Gasteiger partial charge in [-0.3, -0.25) is 9.78 Å².